The van der Waals surface area contributed by atoms with Crippen LogP contribution in [0.2, 0.25) is 0 Å². The van der Waals surface area contributed by atoms with Crippen LogP contribution in [0.25, 0.3) is 22.3 Å². The highest BCUT2D eigenvalue weighted by Crippen LogP contribution is 2.29. The van der Waals surface area contributed by atoms with Crippen molar-refractivity contribution in [1.29, 1.82) is 0 Å². The quantitative estimate of drug-likeness (QED) is 0.550. The lowest BCUT2D eigenvalue weighted by molar-refractivity contribution is -0.159. The lowest BCUT2D eigenvalue weighted by Crippen LogP contribution is -2.19. The Balaban J connectivity index is 1.66. The van der Waals surface area contributed by atoms with Gasteiger partial charge in [-0.2, -0.15) is 23.3 Å². The zero-order chi connectivity index (χ0) is 19.2. The summed E-state index contributed by atoms with van der Waals surface area (Å²) in [4.78, 5) is 15.7. The maximum atomic E-state index is 12.6. The van der Waals surface area contributed by atoms with Crippen LogP contribution in [0.15, 0.2) is 51.9 Å². The van der Waals surface area contributed by atoms with E-state index in [0.29, 0.717) is 5.69 Å². The third kappa shape index (κ3) is 3.09. The first-order chi connectivity index (χ1) is 12.8. The smallest absolute Gasteiger partial charge is 0.329 e. The average molecular weight is 375 g/mol. The van der Waals surface area contributed by atoms with Crippen LogP contribution in [0.1, 0.15) is 11.6 Å². The molecule has 0 atom stereocenters. The van der Waals surface area contributed by atoms with Crippen molar-refractivity contribution in [1.82, 2.24) is 24.5 Å². The molecule has 0 saturated heterocycles. The van der Waals surface area contributed by atoms with Gasteiger partial charge in [0.05, 0.1) is 17.8 Å². The number of aromatic nitrogens is 5. The van der Waals surface area contributed by atoms with E-state index in [4.69, 9.17) is 0 Å². The Morgan fingerprint density at radius 1 is 1.19 bits per heavy atom. The fraction of sp³-hybridized carbons (Fsp3) is 0.176. The van der Waals surface area contributed by atoms with Crippen LogP contribution in [0.3, 0.4) is 0 Å². The summed E-state index contributed by atoms with van der Waals surface area (Å²) in [5, 5.41) is 8.63. The average Bonchev–Trinajstić information content (AvgIpc) is 3.23. The number of pyridine rings is 1. The minimum atomic E-state index is -4.74. The van der Waals surface area contributed by atoms with Gasteiger partial charge in [0.1, 0.15) is 0 Å². The molecule has 4 rings (SSSR count). The van der Waals surface area contributed by atoms with E-state index in [9.17, 15) is 18.0 Å². The molecule has 0 aliphatic heterocycles. The zero-order valence-electron chi connectivity index (χ0n) is 13.9. The first-order valence-electron chi connectivity index (χ1n) is 7.85. The number of alkyl halides is 3. The van der Waals surface area contributed by atoms with E-state index in [1.165, 1.54) is 16.8 Å². The summed E-state index contributed by atoms with van der Waals surface area (Å²) >= 11 is 0. The molecule has 0 radical (unpaired) electrons. The van der Waals surface area contributed by atoms with Crippen molar-refractivity contribution < 1.29 is 17.7 Å². The Hall–Kier alpha value is -3.43. The molecule has 4 aromatic rings. The van der Waals surface area contributed by atoms with E-state index in [-0.39, 0.29) is 17.9 Å². The van der Waals surface area contributed by atoms with Gasteiger partial charge in [0.15, 0.2) is 0 Å². The monoisotopic (exact) mass is 375 g/mol. The molecule has 10 heteroatoms. The van der Waals surface area contributed by atoms with Crippen molar-refractivity contribution in [2.45, 2.75) is 12.7 Å². The summed E-state index contributed by atoms with van der Waals surface area (Å²) < 4.78 is 45.0. The standard InChI is InChI=1S/C17H12F3N5O2/c1-24-13-5-3-2-4-11(13)12(22-24)9-25-7-6-10(8-14(25)26)15-21-16(27-23-15)17(18,19)20/h2-8H,9H2,1H3. The minimum Gasteiger partial charge on any atom is -0.329 e. The Labute approximate surface area is 149 Å². The van der Waals surface area contributed by atoms with Gasteiger partial charge < -0.3 is 9.09 Å². The zero-order valence-corrected chi connectivity index (χ0v) is 13.9. The van der Waals surface area contributed by atoms with Crippen molar-refractivity contribution >= 4 is 10.9 Å². The molecule has 0 bridgehead atoms. The summed E-state index contributed by atoms with van der Waals surface area (Å²) in [5.41, 5.74) is 1.37. The second-order valence-electron chi connectivity index (χ2n) is 5.89. The van der Waals surface area contributed by atoms with Crippen LogP contribution in [0.5, 0.6) is 0 Å². The summed E-state index contributed by atoms with van der Waals surface area (Å²) in [5.74, 6) is -1.75. The third-order valence-corrected chi connectivity index (χ3v) is 4.08. The maximum Gasteiger partial charge on any atom is 0.471 e. The lowest BCUT2D eigenvalue weighted by Gasteiger charge is -2.04. The number of para-hydroxylation sites is 1. The lowest BCUT2D eigenvalue weighted by atomic mass is 10.2. The van der Waals surface area contributed by atoms with Gasteiger partial charge in [-0.15, -0.1) is 0 Å². The topological polar surface area (TPSA) is 78.7 Å². The molecule has 0 unspecified atom stereocenters. The second-order valence-corrected chi connectivity index (χ2v) is 5.89. The Morgan fingerprint density at radius 2 is 1.96 bits per heavy atom. The molecule has 3 heterocycles. The van der Waals surface area contributed by atoms with Gasteiger partial charge >= 0.3 is 12.1 Å². The molecule has 3 aromatic heterocycles. The minimum absolute atomic E-state index is 0.140. The fourth-order valence-electron chi connectivity index (χ4n) is 2.80. The van der Waals surface area contributed by atoms with Gasteiger partial charge in [-0.05, 0) is 12.1 Å². The number of rotatable bonds is 3. The van der Waals surface area contributed by atoms with Gasteiger partial charge in [0.25, 0.3) is 5.56 Å². The van der Waals surface area contributed by atoms with Crippen LogP contribution >= 0.6 is 0 Å². The highest BCUT2D eigenvalue weighted by molar-refractivity contribution is 5.81. The van der Waals surface area contributed by atoms with Gasteiger partial charge in [0.2, 0.25) is 5.82 Å². The van der Waals surface area contributed by atoms with Crippen LogP contribution in [0, 0.1) is 0 Å². The SMILES string of the molecule is Cn1nc(Cn2ccc(-c3noc(C(F)(F)F)n3)cc2=O)c2ccccc21. The van der Waals surface area contributed by atoms with E-state index < -0.39 is 17.6 Å². The number of aryl methyl sites for hydroxylation is 1. The highest BCUT2D eigenvalue weighted by atomic mass is 19.4. The van der Waals surface area contributed by atoms with Crippen LogP contribution < -0.4 is 5.56 Å². The van der Waals surface area contributed by atoms with Crippen LogP contribution in [-0.2, 0) is 19.8 Å². The van der Waals surface area contributed by atoms with Gasteiger partial charge in [-0.3, -0.25) is 9.48 Å². The highest BCUT2D eigenvalue weighted by Gasteiger charge is 2.38. The van der Waals surface area contributed by atoms with E-state index in [1.807, 2.05) is 31.3 Å². The molecule has 0 amide bonds. The number of hydrogen-bond acceptors (Lipinski definition) is 5. The molecule has 138 valence electrons. The van der Waals surface area contributed by atoms with E-state index in [1.54, 1.807) is 4.68 Å². The maximum absolute atomic E-state index is 12.6. The summed E-state index contributed by atoms with van der Waals surface area (Å²) in [6.45, 7) is 0.223. The van der Waals surface area contributed by atoms with Gasteiger partial charge in [0, 0.05) is 30.3 Å². The van der Waals surface area contributed by atoms with Crippen LogP contribution in [-0.4, -0.2) is 24.5 Å². The molecular formula is C17H12F3N5O2. The predicted octanol–water partition coefficient (Wildman–Crippen LogP) is 2.85. The van der Waals surface area contributed by atoms with E-state index in [0.717, 1.165) is 17.0 Å². The summed E-state index contributed by atoms with van der Waals surface area (Å²) in [7, 11) is 1.81. The van der Waals surface area contributed by atoms with Crippen molar-refractivity contribution in [2.24, 2.45) is 7.05 Å². The molecule has 7 nitrogen and oxygen atoms in total. The third-order valence-electron chi connectivity index (χ3n) is 4.08. The predicted molar refractivity (Wildman–Crippen MR) is 88.8 cm³/mol. The Kier molecular flexibility index (Phi) is 3.83. The second kappa shape index (κ2) is 6.08. The number of benzene rings is 1. The van der Waals surface area contributed by atoms with Gasteiger partial charge in [-0.25, -0.2) is 0 Å². The van der Waals surface area contributed by atoms with Crippen molar-refractivity contribution in [2.75, 3.05) is 0 Å². The molecule has 1 aromatic carbocycles. The van der Waals surface area contributed by atoms with Crippen LogP contribution in [0.4, 0.5) is 13.2 Å². The first-order valence-corrected chi connectivity index (χ1v) is 7.85. The van der Waals surface area contributed by atoms with Gasteiger partial charge in [-0.1, -0.05) is 23.4 Å². The van der Waals surface area contributed by atoms with E-state index >= 15 is 0 Å². The largest absolute Gasteiger partial charge is 0.471 e. The van der Waals surface area contributed by atoms with Crippen molar-refractivity contribution in [3.8, 4) is 11.4 Å². The molecule has 0 N–H and O–H groups in total. The molecule has 0 fully saturated rings. The fourth-order valence-corrected chi connectivity index (χ4v) is 2.80. The Bertz CT molecular complexity index is 1190. The van der Waals surface area contributed by atoms with Crippen molar-refractivity contribution in [3.05, 3.63) is 64.5 Å². The molecule has 0 saturated carbocycles. The number of fused-ring (bicyclic) bond motifs is 1. The van der Waals surface area contributed by atoms with Crippen molar-refractivity contribution in [3.63, 3.8) is 0 Å². The molecule has 27 heavy (non-hydrogen) atoms. The molecule has 0 aliphatic rings. The van der Waals surface area contributed by atoms with E-state index in [2.05, 4.69) is 19.8 Å². The summed E-state index contributed by atoms with van der Waals surface area (Å²) in [6.07, 6.45) is -3.27. The first kappa shape index (κ1) is 17.0. The normalized spacial score (nSPS) is 12.0. The summed E-state index contributed by atoms with van der Waals surface area (Å²) in [6, 6.07) is 10.2. The number of halogens is 3. The number of nitrogens with zero attached hydrogens (tertiary/aromatic N) is 5. The molecule has 0 aliphatic carbocycles. The Morgan fingerprint density at radius 3 is 2.67 bits per heavy atom. The molecule has 0 spiro atoms. The number of hydrogen-bond donors (Lipinski definition) is 0. The molecular weight excluding hydrogens is 363 g/mol.